The van der Waals surface area contributed by atoms with Gasteiger partial charge in [-0.3, -0.25) is 0 Å². The zero-order valence-electron chi connectivity index (χ0n) is 9.23. The number of hydrogen-bond acceptors (Lipinski definition) is 1. The number of allylic oxidation sites excluding steroid dienone is 2. The van der Waals surface area contributed by atoms with Crippen molar-refractivity contribution in [2.75, 3.05) is 6.61 Å². The smallest absolute Gasteiger partial charge is 0.0717 e. The Morgan fingerprint density at radius 2 is 2.13 bits per heavy atom. The lowest BCUT2D eigenvalue weighted by Crippen LogP contribution is -1.98. The van der Waals surface area contributed by atoms with Crippen LogP contribution in [-0.4, -0.2) is 6.61 Å². The van der Waals surface area contributed by atoms with Gasteiger partial charge in [-0.25, -0.2) is 0 Å². The highest BCUT2D eigenvalue weighted by atomic mass is 16.5. The molecule has 1 nitrogen and oxygen atoms in total. The number of hydrogen-bond donors (Lipinski definition) is 0. The second kappa shape index (κ2) is 5.13. The molecule has 0 amide bonds. The molecule has 0 spiro atoms. The predicted molar refractivity (Wildman–Crippen MR) is 62.5 cm³/mol. The molecular formula is C14H18O. The van der Waals surface area contributed by atoms with E-state index in [0.717, 1.165) is 25.0 Å². The Labute approximate surface area is 91.8 Å². The second-order valence-corrected chi connectivity index (χ2v) is 4.19. The van der Waals surface area contributed by atoms with Gasteiger partial charge in [-0.05, 0) is 30.7 Å². The van der Waals surface area contributed by atoms with E-state index in [9.17, 15) is 0 Å². The number of benzene rings is 1. The molecule has 1 heteroatoms. The number of ether oxygens (including phenoxy) is 1. The Bertz CT molecular complexity index is 315. The molecule has 0 saturated heterocycles. The summed E-state index contributed by atoms with van der Waals surface area (Å²) >= 11 is 0. The van der Waals surface area contributed by atoms with E-state index in [1.165, 1.54) is 12.0 Å². The van der Waals surface area contributed by atoms with Gasteiger partial charge in [0.05, 0.1) is 13.2 Å². The summed E-state index contributed by atoms with van der Waals surface area (Å²) in [5.41, 5.74) is 1.26. The van der Waals surface area contributed by atoms with Crippen LogP contribution in [0.15, 0.2) is 42.5 Å². The Morgan fingerprint density at radius 1 is 1.33 bits per heavy atom. The van der Waals surface area contributed by atoms with Gasteiger partial charge in [0.15, 0.2) is 0 Å². The molecule has 1 unspecified atom stereocenters. The van der Waals surface area contributed by atoms with Gasteiger partial charge in [-0.15, -0.1) is 0 Å². The molecule has 1 aliphatic carbocycles. The first-order valence-electron chi connectivity index (χ1n) is 5.64. The summed E-state index contributed by atoms with van der Waals surface area (Å²) in [6.45, 7) is 3.74. The SMILES string of the molecule is C/C=C/C1C[C@@H]1COCc1ccccc1. The molecule has 0 radical (unpaired) electrons. The Balaban J connectivity index is 1.64. The van der Waals surface area contributed by atoms with Crippen LogP contribution in [0.25, 0.3) is 0 Å². The van der Waals surface area contributed by atoms with Crippen LogP contribution in [0.3, 0.4) is 0 Å². The fourth-order valence-electron chi connectivity index (χ4n) is 1.85. The summed E-state index contributed by atoms with van der Waals surface area (Å²) < 4.78 is 5.69. The molecule has 0 bridgehead atoms. The van der Waals surface area contributed by atoms with Crippen LogP contribution < -0.4 is 0 Å². The molecular weight excluding hydrogens is 184 g/mol. The van der Waals surface area contributed by atoms with Gasteiger partial charge in [0, 0.05) is 0 Å². The van der Waals surface area contributed by atoms with Gasteiger partial charge >= 0.3 is 0 Å². The lowest BCUT2D eigenvalue weighted by atomic mass is 10.2. The van der Waals surface area contributed by atoms with Crippen molar-refractivity contribution in [2.45, 2.75) is 20.0 Å². The van der Waals surface area contributed by atoms with E-state index in [2.05, 4.69) is 43.3 Å². The summed E-state index contributed by atoms with van der Waals surface area (Å²) in [7, 11) is 0. The van der Waals surface area contributed by atoms with E-state index in [4.69, 9.17) is 4.74 Å². The van der Waals surface area contributed by atoms with E-state index in [1.807, 2.05) is 6.07 Å². The van der Waals surface area contributed by atoms with Crippen LogP contribution >= 0.6 is 0 Å². The maximum Gasteiger partial charge on any atom is 0.0717 e. The zero-order valence-corrected chi connectivity index (χ0v) is 9.23. The maximum absolute atomic E-state index is 5.69. The van der Waals surface area contributed by atoms with Crippen molar-refractivity contribution in [2.24, 2.45) is 11.8 Å². The van der Waals surface area contributed by atoms with Crippen molar-refractivity contribution in [3.8, 4) is 0 Å². The van der Waals surface area contributed by atoms with Gasteiger partial charge in [-0.1, -0.05) is 42.5 Å². The molecule has 0 N–H and O–H groups in total. The standard InChI is InChI=1S/C14H18O/c1-2-6-13-9-14(13)11-15-10-12-7-4-3-5-8-12/h2-8,13-14H,9-11H2,1H3/b6-2+/t13?,14-/m1/s1. The third kappa shape index (κ3) is 3.21. The summed E-state index contributed by atoms with van der Waals surface area (Å²) in [6, 6.07) is 10.4. The minimum atomic E-state index is 0.750. The zero-order chi connectivity index (χ0) is 10.5. The van der Waals surface area contributed by atoms with Crippen LogP contribution in [0.5, 0.6) is 0 Å². The first-order chi connectivity index (χ1) is 7.40. The maximum atomic E-state index is 5.69. The van der Waals surface area contributed by atoms with Crippen molar-refractivity contribution in [1.29, 1.82) is 0 Å². The van der Waals surface area contributed by atoms with Gasteiger partial charge in [0.2, 0.25) is 0 Å². The topological polar surface area (TPSA) is 9.23 Å². The monoisotopic (exact) mass is 202 g/mol. The molecule has 1 saturated carbocycles. The summed E-state index contributed by atoms with van der Waals surface area (Å²) in [6.07, 6.45) is 5.73. The van der Waals surface area contributed by atoms with E-state index < -0.39 is 0 Å². The molecule has 15 heavy (non-hydrogen) atoms. The molecule has 0 aromatic heterocycles. The van der Waals surface area contributed by atoms with Crippen molar-refractivity contribution >= 4 is 0 Å². The summed E-state index contributed by atoms with van der Waals surface area (Å²) in [5.74, 6) is 1.55. The van der Waals surface area contributed by atoms with Gasteiger partial charge in [0.25, 0.3) is 0 Å². The van der Waals surface area contributed by atoms with Crippen molar-refractivity contribution < 1.29 is 4.74 Å². The van der Waals surface area contributed by atoms with E-state index in [0.29, 0.717) is 0 Å². The molecule has 0 heterocycles. The fraction of sp³-hybridized carbons (Fsp3) is 0.429. The quantitative estimate of drug-likeness (QED) is 0.665. The molecule has 1 aromatic rings. The first kappa shape index (κ1) is 10.4. The Hall–Kier alpha value is -1.08. The second-order valence-electron chi connectivity index (χ2n) is 4.19. The lowest BCUT2D eigenvalue weighted by molar-refractivity contribution is 0.109. The van der Waals surface area contributed by atoms with Gasteiger partial charge in [0.1, 0.15) is 0 Å². The average molecular weight is 202 g/mol. The highest BCUT2D eigenvalue weighted by molar-refractivity contribution is 5.13. The summed E-state index contributed by atoms with van der Waals surface area (Å²) in [4.78, 5) is 0. The molecule has 80 valence electrons. The molecule has 1 aliphatic rings. The Kier molecular flexibility index (Phi) is 3.57. The molecule has 1 fully saturated rings. The highest BCUT2D eigenvalue weighted by Gasteiger charge is 2.34. The van der Waals surface area contributed by atoms with Crippen LogP contribution in [0, 0.1) is 11.8 Å². The predicted octanol–water partition coefficient (Wildman–Crippen LogP) is 3.42. The minimum absolute atomic E-state index is 0.750. The summed E-state index contributed by atoms with van der Waals surface area (Å²) in [5, 5.41) is 0. The van der Waals surface area contributed by atoms with Crippen LogP contribution in [-0.2, 0) is 11.3 Å². The normalized spacial score (nSPS) is 24.6. The van der Waals surface area contributed by atoms with Crippen molar-refractivity contribution in [1.82, 2.24) is 0 Å². The van der Waals surface area contributed by atoms with E-state index >= 15 is 0 Å². The molecule has 2 rings (SSSR count). The third-order valence-corrected chi connectivity index (χ3v) is 2.86. The average Bonchev–Trinajstić information content (AvgIpc) is 2.99. The van der Waals surface area contributed by atoms with Crippen molar-refractivity contribution in [3.05, 3.63) is 48.0 Å². The van der Waals surface area contributed by atoms with Gasteiger partial charge < -0.3 is 4.74 Å². The van der Waals surface area contributed by atoms with E-state index in [1.54, 1.807) is 0 Å². The third-order valence-electron chi connectivity index (χ3n) is 2.86. The van der Waals surface area contributed by atoms with Crippen LogP contribution in [0.1, 0.15) is 18.9 Å². The minimum Gasteiger partial charge on any atom is -0.376 e. The highest BCUT2D eigenvalue weighted by Crippen LogP contribution is 2.39. The first-order valence-corrected chi connectivity index (χ1v) is 5.64. The van der Waals surface area contributed by atoms with Crippen LogP contribution in [0.4, 0.5) is 0 Å². The number of rotatable bonds is 5. The largest absolute Gasteiger partial charge is 0.376 e. The van der Waals surface area contributed by atoms with Crippen molar-refractivity contribution in [3.63, 3.8) is 0 Å². The lowest BCUT2D eigenvalue weighted by Gasteiger charge is -2.02. The Morgan fingerprint density at radius 3 is 2.87 bits per heavy atom. The van der Waals surface area contributed by atoms with Crippen LogP contribution in [0.2, 0.25) is 0 Å². The fourth-order valence-corrected chi connectivity index (χ4v) is 1.85. The van der Waals surface area contributed by atoms with Gasteiger partial charge in [-0.2, -0.15) is 0 Å². The van der Waals surface area contributed by atoms with E-state index in [-0.39, 0.29) is 0 Å². The molecule has 1 aromatic carbocycles. The molecule has 2 atom stereocenters. The molecule has 0 aliphatic heterocycles.